The third-order valence-electron chi connectivity index (χ3n) is 4.20. The first-order valence-electron chi connectivity index (χ1n) is 7.99. The topological polar surface area (TPSA) is 89.2 Å². The zero-order chi connectivity index (χ0) is 14.5. The smallest absolute Gasteiger partial charge is 0.323 e. The Morgan fingerprint density at radius 1 is 0.952 bits per heavy atom. The zero-order valence-electron chi connectivity index (χ0n) is 12.4. The van der Waals surface area contributed by atoms with Gasteiger partial charge in [-0.05, 0) is 38.5 Å². The fraction of sp³-hybridized carbons (Fsp3) is 0.786. The number of hydrogen-bond acceptors (Lipinski definition) is 7. The molecule has 0 amide bonds. The van der Waals surface area contributed by atoms with Gasteiger partial charge < -0.3 is 9.64 Å². The Kier molecular flexibility index (Phi) is 4.69. The summed E-state index contributed by atoms with van der Waals surface area (Å²) in [5, 5.41) is 0. The first kappa shape index (κ1) is 14.3. The first-order chi connectivity index (χ1) is 10.3. The highest BCUT2D eigenvalue weighted by Gasteiger charge is 2.20. The SMILES string of the molecule is NNc1nc(OC2CCCCCC2)nc(N2CCCC2)n1. The largest absolute Gasteiger partial charge is 0.460 e. The van der Waals surface area contributed by atoms with Gasteiger partial charge in [-0.25, -0.2) is 5.84 Å². The van der Waals surface area contributed by atoms with Crippen LogP contribution in [0.5, 0.6) is 6.01 Å². The Bertz CT molecular complexity index is 455. The van der Waals surface area contributed by atoms with Gasteiger partial charge in [-0.3, -0.25) is 5.43 Å². The summed E-state index contributed by atoms with van der Waals surface area (Å²) in [7, 11) is 0. The molecule has 1 aromatic heterocycles. The van der Waals surface area contributed by atoms with E-state index in [2.05, 4.69) is 25.3 Å². The molecule has 0 unspecified atom stereocenters. The van der Waals surface area contributed by atoms with Gasteiger partial charge in [-0.1, -0.05) is 12.8 Å². The number of hydrogen-bond donors (Lipinski definition) is 2. The van der Waals surface area contributed by atoms with Gasteiger partial charge >= 0.3 is 6.01 Å². The van der Waals surface area contributed by atoms with Crippen LogP contribution in [0.3, 0.4) is 0 Å². The van der Waals surface area contributed by atoms with Gasteiger partial charge in [-0.15, -0.1) is 0 Å². The minimum absolute atomic E-state index is 0.215. The Morgan fingerprint density at radius 3 is 2.33 bits per heavy atom. The van der Waals surface area contributed by atoms with Crippen LogP contribution < -0.4 is 20.9 Å². The molecule has 1 saturated heterocycles. The van der Waals surface area contributed by atoms with Crippen molar-refractivity contribution >= 4 is 11.9 Å². The van der Waals surface area contributed by atoms with E-state index in [1.807, 2.05) is 0 Å². The van der Waals surface area contributed by atoms with Crippen molar-refractivity contribution in [1.29, 1.82) is 0 Å². The molecule has 0 spiro atoms. The van der Waals surface area contributed by atoms with Gasteiger partial charge in [0.1, 0.15) is 6.10 Å². The second kappa shape index (κ2) is 6.89. The standard InChI is InChI=1S/C14H24N6O/c15-19-12-16-13(20-9-5-6-10-20)18-14(17-12)21-11-7-3-1-2-4-8-11/h11H,1-10,15H2,(H,16,17,18,19). The summed E-state index contributed by atoms with van der Waals surface area (Å²) >= 11 is 0. The van der Waals surface area contributed by atoms with Crippen molar-refractivity contribution in [1.82, 2.24) is 15.0 Å². The second-order valence-corrected chi connectivity index (χ2v) is 5.81. The molecule has 2 heterocycles. The van der Waals surface area contributed by atoms with Gasteiger partial charge in [-0.2, -0.15) is 15.0 Å². The molecule has 7 nitrogen and oxygen atoms in total. The third-order valence-corrected chi connectivity index (χ3v) is 4.20. The Balaban J connectivity index is 1.74. The zero-order valence-corrected chi connectivity index (χ0v) is 12.4. The van der Waals surface area contributed by atoms with Gasteiger partial charge in [0.15, 0.2) is 0 Å². The van der Waals surface area contributed by atoms with E-state index in [0.717, 1.165) is 25.9 Å². The summed E-state index contributed by atoms with van der Waals surface area (Å²) in [6.45, 7) is 1.97. The van der Waals surface area contributed by atoms with E-state index < -0.39 is 0 Å². The number of aromatic nitrogens is 3. The molecule has 3 rings (SSSR count). The van der Waals surface area contributed by atoms with E-state index in [0.29, 0.717) is 17.9 Å². The maximum Gasteiger partial charge on any atom is 0.323 e. The average Bonchev–Trinajstić information content (AvgIpc) is 2.93. The predicted molar refractivity (Wildman–Crippen MR) is 81.2 cm³/mol. The normalized spacial score (nSPS) is 20.3. The quantitative estimate of drug-likeness (QED) is 0.497. The lowest BCUT2D eigenvalue weighted by atomic mass is 10.2. The first-order valence-corrected chi connectivity index (χ1v) is 7.99. The number of rotatable bonds is 4. The van der Waals surface area contributed by atoms with Crippen molar-refractivity contribution in [2.75, 3.05) is 23.4 Å². The van der Waals surface area contributed by atoms with Crippen molar-refractivity contribution in [3.63, 3.8) is 0 Å². The molecule has 0 atom stereocenters. The highest BCUT2D eigenvalue weighted by atomic mass is 16.5. The number of nitrogens with two attached hydrogens (primary N) is 1. The van der Waals surface area contributed by atoms with Crippen LogP contribution in [0.4, 0.5) is 11.9 Å². The molecule has 3 N–H and O–H groups in total. The summed E-state index contributed by atoms with van der Waals surface area (Å²) in [4.78, 5) is 15.2. The number of nitrogens with zero attached hydrogens (tertiary/aromatic N) is 4. The Labute approximate surface area is 125 Å². The minimum Gasteiger partial charge on any atom is -0.460 e. The summed E-state index contributed by atoms with van der Waals surface area (Å²) in [6, 6.07) is 0.395. The molecule has 1 aliphatic heterocycles. The van der Waals surface area contributed by atoms with E-state index in [1.165, 1.54) is 38.5 Å². The number of nitrogens with one attached hydrogen (secondary N) is 1. The van der Waals surface area contributed by atoms with Gasteiger partial charge in [0.2, 0.25) is 11.9 Å². The molecular formula is C14H24N6O. The van der Waals surface area contributed by atoms with E-state index in [-0.39, 0.29) is 6.10 Å². The van der Waals surface area contributed by atoms with Crippen molar-refractivity contribution < 1.29 is 4.74 Å². The van der Waals surface area contributed by atoms with Crippen LogP contribution in [0.1, 0.15) is 51.4 Å². The molecule has 116 valence electrons. The lowest BCUT2D eigenvalue weighted by molar-refractivity contribution is 0.168. The van der Waals surface area contributed by atoms with Gasteiger partial charge in [0.25, 0.3) is 0 Å². The van der Waals surface area contributed by atoms with Gasteiger partial charge in [0, 0.05) is 13.1 Å². The average molecular weight is 292 g/mol. The lowest BCUT2D eigenvalue weighted by Crippen LogP contribution is -2.24. The van der Waals surface area contributed by atoms with Crippen LogP contribution in [0.2, 0.25) is 0 Å². The molecule has 1 saturated carbocycles. The lowest BCUT2D eigenvalue weighted by Gasteiger charge is -2.19. The molecule has 1 aliphatic carbocycles. The molecule has 21 heavy (non-hydrogen) atoms. The van der Waals surface area contributed by atoms with Crippen LogP contribution >= 0.6 is 0 Å². The van der Waals surface area contributed by atoms with E-state index >= 15 is 0 Å². The predicted octanol–water partition coefficient (Wildman–Crippen LogP) is 1.86. The third kappa shape index (κ3) is 3.72. The molecule has 7 heteroatoms. The molecule has 0 bridgehead atoms. The van der Waals surface area contributed by atoms with Crippen LogP contribution in [0.25, 0.3) is 0 Å². The summed E-state index contributed by atoms with van der Waals surface area (Å²) in [5.74, 6) is 6.50. The van der Waals surface area contributed by atoms with Crippen molar-refractivity contribution in [3.05, 3.63) is 0 Å². The Hall–Kier alpha value is -1.63. The molecule has 2 aliphatic rings. The van der Waals surface area contributed by atoms with Gasteiger partial charge in [0.05, 0.1) is 0 Å². The van der Waals surface area contributed by atoms with Crippen LogP contribution in [-0.2, 0) is 0 Å². The molecule has 2 fully saturated rings. The Morgan fingerprint density at radius 2 is 1.67 bits per heavy atom. The molecule has 1 aromatic rings. The highest BCUT2D eigenvalue weighted by Crippen LogP contribution is 2.23. The summed E-state index contributed by atoms with van der Waals surface area (Å²) in [6.07, 6.45) is 9.76. The second-order valence-electron chi connectivity index (χ2n) is 5.81. The van der Waals surface area contributed by atoms with E-state index in [4.69, 9.17) is 10.6 Å². The number of anilines is 2. The maximum atomic E-state index is 5.99. The van der Waals surface area contributed by atoms with Crippen LogP contribution in [-0.4, -0.2) is 34.1 Å². The van der Waals surface area contributed by atoms with Crippen molar-refractivity contribution in [3.8, 4) is 6.01 Å². The number of ether oxygens (including phenoxy) is 1. The number of nitrogen functional groups attached to an aromatic ring is 1. The highest BCUT2D eigenvalue weighted by molar-refractivity contribution is 5.38. The summed E-state index contributed by atoms with van der Waals surface area (Å²) in [5.41, 5.74) is 2.51. The summed E-state index contributed by atoms with van der Waals surface area (Å²) < 4.78 is 5.99. The van der Waals surface area contributed by atoms with Crippen LogP contribution in [0, 0.1) is 0 Å². The fourth-order valence-electron chi connectivity index (χ4n) is 3.03. The number of hydrazine groups is 1. The van der Waals surface area contributed by atoms with Crippen LogP contribution in [0.15, 0.2) is 0 Å². The monoisotopic (exact) mass is 292 g/mol. The van der Waals surface area contributed by atoms with E-state index in [1.54, 1.807) is 0 Å². The molecule has 0 aromatic carbocycles. The minimum atomic E-state index is 0.215. The molecular weight excluding hydrogens is 268 g/mol. The van der Waals surface area contributed by atoms with Crippen molar-refractivity contribution in [2.45, 2.75) is 57.5 Å². The maximum absolute atomic E-state index is 5.99. The van der Waals surface area contributed by atoms with E-state index in [9.17, 15) is 0 Å². The molecule has 0 radical (unpaired) electrons. The van der Waals surface area contributed by atoms with Crippen molar-refractivity contribution in [2.24, 2.45) is 5.84 Å². The fourth-order valence-corrected chi connectivity index (χ4v) is 3.03.